The van der Waals surface area contributed by atoms with E-state index >= 15 is 0 Å². The Morgan fingerprint density at radius 1 is 0.857 bits per heavy atom. The van der Waals surface area contributed by atoms with Gasteiger partial charge in [-0.2, -0.15) is 0 Å². The summed E-state index contributed by atoms with van der Waals surface area (Å²) in [6, 6.07) is 0. The lowest BCUT2D eigenvalue weighted by Crippen LogP contribution is -2.48. The SMILES string of the molecule is CCCCCCCCCCC(CCCCCCCCCC)OC(=O)C[C@H]1C[C@H](O)C[C@@]2(CCC3(C=CC(=O)C=C3)O2)O1. The third-order valence-corrected chi connectivity index (χ3v) is 9.25. The molecule has 42 heavy (non-hydrogen) atoms. The Balaban J connectivity index is 1.45. The lowest BCUT2D eigenvalue weighted by Gasteiger charge is -2.41. The molecule has 6 heteroatoms. The fourth-order valence-electron chi connectivity index (χ4n) is 6.82. The predicted molar refractivity (Wildman–Crippen MR) is 168 cm³/mol. The molecular formula is C36H60O6. The van der Waals surface area contributed by atoms with Crippen LogP contribution in [-0.4, -0.2) is 46.6 Å². The third-order valence-electron chi connectivity index (χ3n) is 9.25. The van der Waals surface area contributed by atoms with Crippen molar-refractivity contribution >= 4 is 11.8 Å². The normalized spacial score (nSPS) is 24.8. The molecule has 0 bridgehead atoms. The lowest BCUT2D eigenvalue weighted by molar-refractivity contribution is -0.291. The Morgan fingerprint density at radius 2 is 1.38 bits per heavy atom. The Hall–Kier alpha value is -1.50. The maximum absolute atomic E-state index is 13.1. The van der Waals surface area contributed by atoms with Gasteiger partial charge in [-0.1, -0.05) is 104 Å². The smallest absolute Gasteiger partial charge is 0.308 e. The van der Waals surface area contributed by atoms with E-state index in [2.05, 4.69) is 13.8 Å². The molecule has 1 aliphatic carbocycles. The highest BCUT2D eigenvalue weighted by molar-refractivity contribution is 6.00. The second-order valence-corrected chi connectivity index (χ2v) is 13.2. The molecule has 1 N–H and O–H groups in total. The van der Waals surface area contributed by atoms with Crippen molar-refractivity contribution in [2.45, 2.75) is 191 Å². The van der Waals surface area contributed by atoms with Gasteiger partial charge < -0.3 is 19.3 Å². The van der Waals surface area contributed by atoms with Gasteiger partial charge in [0.05, 0.1) is 18.6 Å². The Bertz CT molecular complexity index is 814. The Labute approximate surface area is 256 Å². The van der Waals surface area contributed by atoms with E-state index in [0.717, 1.165) is 25.7 Å². The van der Waals surface area contributed by atoms with Gasteiger partial charge in [0.25, 0.3) is 0 Å². The van der Waals surface area contributed by atoms with Crippen LogP contribution in [0.1, 0.15) is 162 Å². The van der Waals surface area contributed by atoms with Crippen LogP contribution in [0.15, 0.2) is 24.3 Å². The number of aliphatic hydroxyl groups is 1. The molecule has 3 atom stereocenters. The van der Waals surface area contributed by atoms with Crippen LogP contribution in [0, 0.1) is 0 Å². The van der Waals surface area contributed by atoms with Gasteiger partial charge in [-0.25, -0.2) is 0 Å². The molecule has 2 spiro atoms. The quantitative estimate of drug-likeness (QED) is 0.107. The van der Waals surface area contributed by atoms with Crippen molar-refractivity contribution in [3.63, 3.8) is 0 Å². The van der Waals surface area contributed by atoms with Gasteiger partial charge in [-0.3, -0.25) is 9.59 Å². The molecule has 0 aromatic heterocycles. The zero-order valence-electron chi connectivity index (χ0n) is 26.8. The zero-order chi connectivity index (χ0) is 30.1. The minimum atomic E-state index is -0.939. The number of rotatable bonds is 21. The van der Waals surface area contributed by atoms with Crippen LogP contribution in [-0.2, 0) is 23.8 Å². The fraction of sp³-hybridized carbons (Fsp3) is 0.833. The monoisotopic (exact) mass is 588 g/mol. The van der Waals surface area contributed by atoms with Crippen LogP contribution in [0.2, 0.25) is 0 Å². The number of carbonyl (C=O) groups excluding carboxylic acids is 2. The molecule has 0 aromatic carbocycles. The topological polar surface area (TPSA) is 82.1 Å². The van der Waals surface area contributed by atoms with Crippen LogP contribution in [0.3, 0.4) is 0 Å². The summed E-state index contributed by atoms with van der Waals surface area (Å²) < 4.78 is 18.8. The maximum atomic E-state index is 13.1. The average molecular weight is 589 g/mol. The van der Waals surface area contributed by atoms with Crippen molar-refractivity contribution in [2.24, 2.45) is 0 Å². The standard InChI is InChI=1S/C36H60O6/c1-3-5-7-9-11-13-15-17-19-32(20-18-16-14-12-10-8-6-4-2)40-34(39)28-33-27-31(38)29-36(41-33)26-25-35(42-36)23-21-30(37)22-24-35/h21-24,31-33,38H,3-20,25-29H2,1-2H3/t31-,33+,36-/m0/s1. The van der Waals surface area contributed by atoms with Gasteiger partial charge in [0, 0.05) is 19.3 Å². The summed E-state index contributed by atoms with van der Waals surface area (Å²) >= 11 is 0. The third kappa shape index (κ3) is 12.6. The van der Waals surface area contributed by atoms with Crippen molar-refractivity contribution in [3.8, 4) is 0 Å². The van der Waals surface area contributed by atoms with Gasteiger partial charge in [-0.05, 0) is 56.4 Å². The molecular weight excluding hydrogens is 528 g/mol. The van der Waals surface area contributed by atoms with Crippen molar-refractivity contribution in [1.82, 2.24) is 0 Å². The van der Waals surface area contributed by atoms with Crippen LogP contribution < -0.4 is 0 Å². The molecule has 2 aliphatic heterocycles. The van der Waals surface area contributed by atoms with E-state index in [1.54, 1.807) is 12.2 Å². The molecule has 0 unspecified atom stereocenters. The molecule has 2 heterocycles. The van der Waals surface area contributed by atoms with Crippen molar-refractivity contribution in [2.75, 3.05) is 0 Å². The Kier molecular flexibility index (Phi) is 15.8. The van der Waals surface area contributed by atoms with E-state index in [-0.39, 0.29) is 24.3 Å². The van der Waals surface area contributed by atoms with Gasteiger partial charge in [0.15, 0.2) is 11.6 Å². The Morgan fingerprint density at radius 3 is 1.93 bits per heavy atom. The summed E-state index contributed by atoms with van der Waals surface area (Å²) in [5.74, 6) is -1.22. The van der Waals surface area contributed by atoms with Crippen LogP contribution in [0.5, 0.6) is 0 Å². The summed E-state index contributed by atoms with van der Waals surface area (Å²) in [6.07, 6.45) is 29.9. The number of allylic oxidation sites excluding steroid dienone is 2. The highest BCUT2D eigenvalue weighted by atomic mass is 16.7. The minimum absolute atomic E-state index is 0.0405. The number of ketones is 1. The summed E-state index contributed by atoms with van der Waals surface area (Å²) in [5, 5.41) is 10.7. The first-order chi connectivity index (χ1) is 20.4. The summed E-state index contributed by atoms with van der Waals surface area (Å²) in [4.78, 5) is 24.8. The second kappa shape index (κ2) is 19.0. The number of esters is 1. The number of aliphatic hydroxyl groups excluding tert-OH is 1. The number of carbonyl (C=O) groups is 2. The number of unbranched alkanes of at least 4 members (excludes halogenated alkanes) is 14. The fourth-order valence-corrected chi connectivity index (χ4v) is 6.82. The molecule has 2 fully saturated rings. The lowest BCUT2D eigenvalue weighted by atomic mass is 9.91. The number of hydrogen-bond acceptors (Lipinski definition) is 6. The highest BCUT2D eigenvalue weighted by Gasteiger charge is 2.52. The molecule has 2 saturated heterocycles. The molecule has 3 aliphatic rings. The first-order valence-electron chi connectivity index (χ1n) is 17.6. The molecule has 240 valence electrons. The van der Waals surface area contributed by atoms with Gasteiger partial charge in [-0.15, -0.1) is 0 Å². The van der Waals surface area contributed by atoms with E-state index < -0.39 is 23.6 Å². The molecule has 6 nitrogen and oxygen atoms in total. The van der Waals surface area contributed by atoms with Crippen LogP contribution >= 0.6 is 0 Å². The maximum Gasteiger partial charge on any atom is 0.308 e. The van der Waals surface area contributed by atoms with Crippen molar-refractivity contribution < 1.29 is 28.9 Å². The summed E-state index contributed by atoms with van der Waals surface area (Å²) in [7, 11) is 0. The number of hydrogen-bond donors (Lipinski definition) is 1. The van der Waals surface area contributed by atoms with Crippen molar-refractivity contribution in [3.05, 3.63) is 24.3 Å². The van der Waals surface area contributed by atoms with Crippen LogP contribution in [0.4, 0.5) is 0 Å². The van der Waals surface area contributed by atoms with Crippen LogP contribution in [0.25, 0.3) is 0 Å². The largest absolute Gasteiger partial charge is 0.462 e. The van der Waals surface area contributed by atoms with E-state index in [1.165, 1.54) is 102 Å². The van der Waals surface area contributed by atoms with Gasteiger partial charge in [0.2, 0.25) is 0 Å². The van der Waals surface area contributed by atoms with E-state index in [4.69, 9.17) is 14.2 Å². The van der Waals surface area contributed by atoms with E-state index in [0.29, 0.717) is 25.7 Å². The predicted octanol–water partition coefficient (Wildman–Crippen LogP) is 8.83. The molecule has 3 rings (SSSR count). The highest BCUT2D eigenvalue weighted by Crippen LogP contribution is 2.47. The minimum Gasteiger partial charge on any atom is -0.462 e. The molecule has 0 aromatic rings. The molecule has 0 saturated carbocycles. The zero-order valence-corrected chi connectivity index (χ0v) is 26.8. The molecule has 0 radical (unpaired) electrons. The first kappa shape index (κ1) is 35.0. The second-order valence-electron chi connectivity index (χ2n) is 13.2. The van der Waals surface area contributed by atoms with Crippen molar-refractivity contribution in [1.29, 1.82) is 0 Å². The summed E-state index contributed by atoms with van der Waals surface area (Å²) in [6.45, 7) is 4.51. The van der Waals surface area contributed by atoms with Gasteiger partial charge in [0.1, 0.15) is 11.7 Å². The van der Waals surface area contributed by atoms with Gasteiger partial charge >= 0.3 is 5.97 Å². The average Bonchev–Trinajstić information content (AvgIpc) is 3.28. The van der Waals surface area contributed by atoms with E-state index in [9.17, 15) is 14.7 Å². The molecule has 0 amide bonds. The number of ether oxygens (including phenoxy) is 3. The summed E-state index contributed by atoms with van der Waals surface area (Å²) in [5.41, 5.74) is -0.673. The first-order valence-corrected chi connectivity index (χ1v) is 17.6. The van der Waals surface area contributed by atoms with E-state index in [1.807, 2.05) is 0 Å².